The number of piperazine rings is 2. The molecule has 0 radical (unpaired) electrons. The van der Waals surface area contributed by atoms with Crippen LogP contribution in [0, 0.1) is 6.92 Å². The lowest BCUT2D eigenvalue weighted by Crippen LogP contribution is -2.47. The molecule has 0 aromatic carbocycles. The first-order valence-corrected chi connectivity index (χ1v) is 11.2. The fraction of sp³-hybridized carbons (Fsp3) is 0.650. The molecule has 150 valence electrons. The summed E-state index contributed by atoms with van der Waals surface area (Å²) in [5.41, 5.74) is 2.40. The third kappa shape index (κ3) is 3.55. The molecule has 2 fully saturated rings. The second kappa shape index (κ2) is 7.48. The molecule has 8 heteroatoms. The van der Waals surface area contributed by atoms with Crippen molar-refractivity contribution in [1.82, 2.24) is 19.9 Å². The normalized spacial score (nSPS) is 20.7. The van der Waals surface area contributed by atoms with Crippen LogP contribution in [0.15, 0.2) is 6.07 Å². The van der Waals surface area contributed by atoms with Gasteiger partial charge in [-0.1, -0.05) is 0 Å². The molecule has 0 saturated carbocycles. The number of thiazole rings is 1. The second-order valence-electron chi connectivity index (χ2n) is 8.15. The first-order chi connectivity index (χ1) is 13.7. The minimum atomic E-state index is 0.884. The predicted molar refractivity (Wildman–Crippen MR) is 115 cm³/mol. The van der Waals surface area contributed by atoms with Gasteiger partial charge in [0.25, 0.3) is 0 Å². The van der Waals surface area contributed by atoms with Crippen molar-refractivity contribution in [2.75, 3.05) is 74.1 Å². The highest BCUT2D eigenvalue weighted by molar-refractivity contribution is 7.15. The van der Waals surface area contributed by atoms with Crippen LogP contribution in [-0.4, -0.2) is 79.3 Å². The van der Waals surface area contributed by atoms with E-state index >= 15 is 0 Å². The van der Waals surface area contributed by atoms with E-state index in [9.17, 15) is 0 Å². The molecule has 0 atom stereocenters. The van der Waals surface area contributed by atoms with Crippen LogP contribution in [0.4, 0.5) is 16.9 Å². The molecule has 2 aromatic heterocycles. The van der Waals surface area contributed by atoms with Gasteiger partial charge < -0.3 is 19.6 Å². The maximum Gasteiger partial charge on any atom is 0.227 e. The van der Waals surface area contributed by atoms with Crippen LogP contribution >= 0.6 is 11.3 Å². The molecular weight excluding hydrogens is 370 g/mol. The number of aryl methyl sites for hydroxylation is 3. The number of nitrogens with zero attached hydrogens (tertiary/aromatic N) is 7. The van der Waals surface area contributed by atoms with E-state index in [2.05, 4.69) is 39.6 Å². The average molecular weight is 400 g/mol. The molecule has 28 heavy (non-hydrogen) atoms. The first-order valence-electron chi connectivity index (χ1n) is 10.4. The summed E-state index contributed by atoms with van der Waals surface area (Å²) in [6, 6.07) is 2.13. The van der Waals surface area contributed by atoms with Crippen molar-refractivity contribution in [2.45, 2.75) is 26.2 Å². The van der Waals surface area contributed by atoms with Gasteiger partial charge in [0.2, 0.25) is 5.95 Å². The van der Waals surface area contributed by atoms with Crippen molar-refractivity contribution in [3.05, 3.63) is 22.3 Å². The molecule has 0 bridgehead atoms. The first kappa shape index (κ1) is 18.1. The Balaban J connectivity index is 1.27. The van der Waals surface area contributed by atoms with Crippen molar-refractivity contribution < 1.29 is 0 Å². The molecule has 5 rings (SSSR count). The monoisotopic (exact) mass is 399 g/mol. The van der Waals surface area contributed by atoms with Gasteiger partial charge in [-0.05, 0) is 33.2 Å². The minimum absolute atomic E-state index is 0.884. The molecule has 0 unspecified atom stereocenters. The summed E-state index contributed by atoms with van der Waals surface area (Å²) in [4.78, 5) is 25.6. The Morgan fingerprint density at radius 1 is 0.821 bits per heavy atom. The van der Waals surface area contributed by atoms with Crippen LogP contribution in [0.5, 0.6) is 0 Å². The Morgan fingerprint density at radius 2 is 1.54 bits per heavy atom. The molecule has 2 saturated heterocycles. The summed E-state index contributed by atoms with van der Waals surface area (Å²) in [7, 11) is 2.19. The van der Waals surface area contributed by atoms with E-state index in [0.29, 0.717) is 0 Å². The van der Waals surface area contributed by atoms with Crippen LogP contribution in [0.25, 0.3) is 0 Å². The van der Waals surface area contributed by atoms with Crippen LogP contribution in [0.1, 0.15) is 22.7 Å². The highest BCUT2D eigenvalue weighted by Gasteiger charge is 2.25. The topological polar surface area (TPSA) is 51.6 Å². The van der Waals surface area contributed by atoms with Crippen LogP contribution in [0.3, 0.4) is 0 Å². The van der Waals surface area contributed by atoms with Gasteiger partial charge in [0, 0.05) is 69.0 Å². The highest BCUT2D eigenvalue weighted by Crippen LogP contribution is 2.33. The fourth-order valence-corrected chi connectivity index (χ4v) is 5.49. The molecule has 3 aliphatic rings. The number of aromatic nitrogens is 3. The van der Waals surface area contributed by atoms with Crippen molar-refractivity contribution in [2.24, 2.45) is 0 Å². The maximum atomic E-state index is 4.94. The molecule has 2 aliphatic heterocycles. The van der Waals surface area contributed by atoms with E-state index in [1.165, 1.54) is 28.5 Å². The number of fused-ring (bicyclic) bond motifs is 1. The van der Waals surface area contributed by atoms with E-state index in [-0.39, 0.29) is 0 Å². The number of likely N-dealkylation sites (N-methyl/N-ethyl adjacent to an activating group) is 1. The summed E-state index contributed by atoms with van der Waals surface area (Å²) in [6.07, 6.45) is 3.67. The van der Waals surface area contributed by atoms with Gasteiger partial charge in [0.1, 0.15) is 5.82 Å². The molecule has 7 nitrogen and oxygen atoms in total. The van der Waals surface area contributed by atoms with Gasteiger partial charge in [-0.15, -0.1) is 11.3 Å². The van der Waals surface area contributed by atoms with E-state index in [1.807, 2.05) is 11.3 Å². The summed E-state index contributed by atoms with van der Waals surface area (Å²) in [6.45, 7) is 10.2. The van der Waals surface area contributed by atoms with Crippen LogP contribution in [-0.2, 0) is 12.8 Å². The van der Waals surface area contributed by atoms with Crippen molar-refractivity contribution in [3.8, 4) is 0 Å². The number of rotatable bonds is 3. The van der Waals surface area contributed by atoms with Gasteiger partial charge in [0.05, 0.1) is 5.69 Å². The van der Waals surface area contributed by atoms with Gasteiger partial charge in [-0.2, -0.15) is 4.98 Å². The summed E-state index contributed by atoms with van der Waals surface area (Å²) >= 11 is 1.90. The summed E-state index contributed by atoms with van der Waals surface area (Å²) in [5.74, 6) is 1.96. The van der Waals surface area contributed by atoms with Gasteiger partial charge in [-0.3, -0.25) is 0 Å². The zero-order valence-electron chi connectivity index (χ0n) is 16.9. The molecule has 0 amide bonds. The Morgan fingerprint density at radius 3 is 2.29 bits per heavy atom. The van der Waals surface area contributed by atoms with Crippen molar-refractivity contribution in [1.29, 1.82) is 0 Å². The zero-order chi connectivity index (χ0) is 19.1. The van der Waals surface area contributed by atoms with E-state index < -0.39 is 0 Å². The third-order valence-corrected chi connectivity index (χ3v) is 7.29. The summed E-state index contributed by atoms with van der Waals surface area (Å²) in [5, 5.41) is 1.22. The lowest BCUT2D eigenvalue weighted by molar-refractivity contribution is 0.312. The molecule has 1 aliphatic carbocycles. The quantitative estimate of drug-likeness (QED) is 0.780. The van der Waals surface area contributed by atoms with Crippen LogP contribution < -0.4 is 14.7 Å². The Kier molecular flexibility index (Phi) is 4.84. The Labute approximate surface area is 171 Å². The molecule has 2 aromatic rings. The smallest absolute Gasteiger partial charge is 0.227 e. The third-order valence-electron chi connectivity index (χ3n) is 6.07. The largest absolute Gasteiger partial charge is 0.354 e. The Hall–Kier alpha value is -1.93. The Bertz CT molecular complexity index is 814. The molecule has 0 spiro atoms. The average Bonchev–Trinajstić information content (AvgIpc) is 3.30. The van der Waals surface area contributed by atoms with Gasteiger partial charge >= 0.3 is 0 Å². The minimum Gasteiger partial charge on any atom is -0.354 e. The SMILES string of the molecule is Cc1cc(N2CCN(C)CC2)nc(N2CCN(c3nc4c(s3)CCC4)CC2)n1. The van der Waals surface area contributed by atoms with E-state index in [1.54, 1.807) is 0 Å². The highest BCUT2D eigenvalue weighted by atomic mass is 32.1. The van der Waals surface area contributed by atoms with E-state index in [0.717, 1.165) is 76.2 Å². The molecule has 0 N–H and O–H groups in total. The maximum absolute atomic E-state index is 4.94. The predicted octanol–water partition coefficient (Wildman–Crippen LogP) is 1.81. The number of hydrogen-bond acceptors (Lipinski definition) is 8. The molecule has 4 heterocycles. The van der Waals surface area contributed by atoms with Gasteiger partial charge in [0.15, 0.2) is 5.13 Å². The van der Waals surface area contributed by atoms with Gasteiger partial charge in [-0.25, -0.2) is 9.97 Å². The number of hydrogen-bond donors (Lipinski definition) is 0. The van der Waals surface area contributed by atoms with E-state index in [4.69, 9.17) is 15.0 Å². The van der Waals surface area contributed by atoms with Crippen molar-refractivity contribution in [3.63, 3.8) is 0 Å². The second-order valence-corrected chi connectivity index (χ2v) is 9.21. The summed E-state index contributed by atoms with van der Waals surface area (Å²) < 4.78 is 0. The van der Waals surface area contributed by atoms with Crippen molar-refractivity contribution >= 4 is 28.2 Å². The fourth-order valence-electron chi connectivity index (χ4n) is 4.29. The number of anilines is 3. The lowest BCUT2D eigenvalue weighted by Gasteiger charge is -2.36. The lowest BCUT2D eigenvalue weighted by atomic mass is 10.3. The molecular formula is C20H29N7S. The van der Waals surface area contributed by atoms with Crippen LogP contribution in [0.2, 0.25) is 0 Å². The zero-order valence-corrected chi connectivity index (χ0v) is 17.7. The standard InChI is InChI=1S/C20H29N7S/c1-15-14-18(25-8-6-24(2)7-9-25)23-19(21-15)26-10-12-27(13-11-26)20-22-16-4-3-5-17(16)28-20/h14H,3-13H2,1-2H3.